The first-order valence-electron chi connectivity index (χ1n) is 10.7. The summed E-state index contributed by atoms with van der Waals surface area (Å²) >= 11 is 1.37. The average Bonchev–Trinajstić information content (AvgIpc) is 3.39. The summed E-state index contributed by atoms with van der Waals surface area (Å²) in [6, 6.07) is 11.1. The molecule has 36 heavy (non-hydrogen) atoms. The van der Waals surface area contributed by atoms with Gasteiger partial charge in [-0.15, -0.1) is 11.3 Å². The van der Waals surface area contributed by atoms with Gasteiger partial charge in [-0.05, 0) is 41.8 Å². The molecule has 9 nitrogen and oxygen atoms in total. The summed E-state index contributed by atoms with van der Waals surface area (Å²) in [6.07, 6.45) is -2.00. The van der Waals surface area contributed by atoms with Crippen LogP contribution in [0.2, 0.25) is 0 Å². The lowest BCUT2D eigenvalue weighted by Gasteiger charge is -2.25. The molecule has 1 amide bonds. The van der Waals surface area contributed by atoms with E-state index in [0.29, 0.717) is 37.4 Å². The number of hydrogen-bond acceptors (Lipinski definition) is 6. The number of carboxylic acid groups (broad SMARTS) is 1. The van der Waals surface area contributed by atoms with Gasteiger partial charge in [-0.1, -0.05) is 30.3 Å². The van der Waals surface area contributed by atoms with E-state index in [0.717, 1.165) is 17.5 Å². The second-order valence-corrected chi connectivity index (χ2v) is 10.9. The van der Waals surface area contributed by atoms with Gasteiger partial charge in [0.2, 0.25) is 15.9 Å². The highest BCUT2D eigenvalue weighted by atomic mass is 32.2. The summed E-state index contributed by atoms with van der Waals surface area (Å²) in [7, 11) is -3.50. The Morgan fingerprint density at radius 3 is 2.39 bits per heavy atom. The zero-order chi connectivity index (χ0) is 27.1. The number of carboxylic acids is 1. The van der Waals surface area contributed by atoms with Crippen molar-refractivity contribution in [1.82, 2.24) is 9.21 Å². The number of halogens is 3. The first-order valence-corrected chi connectivity index (χ1v) is 13.4. The minimum absolute atomic E-state index is 0.00791. The van der Waals surface area contributed by atoms with Gasteiger partial charge >= 0.3 is 12.1 Å². The number of nitrogens with zero attached hydrogens (tertiary/aromatic N) is 2. The maximum atomic E-state index is 12.9. The summed E-state index contributed by atoms with van der Waals surface area (Å²) < 4.78 is 57.8. The maximum absolute atomic E-state index is 12.9. The van der Waals surface area contributed by atoms with Crippen molar-refractivity contribution in [2.45, 2.75) is 38.0 Å². The minimum Gasteiger partial charge on any atom is -0.475 e. The molecule has 1 aliphatic rings. The van der Waals surface area contributed by atoms with Crippen molar-refractivity contribution in [3.63, 3.8) is 0 Å². The third kappa shape index (κ3) is 8.60. The van der Waals surface area contributed by atoms with Crippen molar-refractivity contribution in [2.24, 2.45) is 5.73 Å². The van der Waals surface area contributed by atoms with Crippen LogP contribution in [0.25, 0.3) is 0 Å². The van der Waals surface area contributed by atoms with Crippen LogP contribution >= 0.6 is 11.3 Å². The lowest BCUT2D eigenvalue weighted by molar-refractivity contribution is -0.192. The number of nitrogens with two attached hydrogens (primary N) is 1. The van der Waals surface area contributed by atoms with Crippen molar-refractivity contribution < 1.29 is 36.3 Å². The molecule has 0 bridgehead atoms. The Morgan fingerprint density at radius 1 is 1.28 bits per heavy atom. The number of amidine groups is 1. The highest BCUT2D eigenvalue weighted by molar-refractivity contribution is 7.88. The van der Waals surface area contributed by atoms with E-state index in [2.05, 4.69) is 0 Å². The molecule has 0 aliphatic carbocycles. The van der Waals surface area contributed by atoms with Gasteiger partial charge in [-0.3, -0.25) is 10.2 Å². The van der Waals surface area contributed by atoms with Gasteiger partial charge in [0.1, 0.15) is 11.9 Å². The van der Waals surface area contributed by atoms with Crippen molar-refractivity contribution in [2.75, 3.05) is 19.3 Å². The fourth-order valence-electron chi connectivity index (χ4n) is 3.60. The second kappa shape index (κ2) is 12.3. The Kier molecular flexibility index (Phi) is 10.0. The van der Waals surface area contributed by atoms with E-state index in [1.54, 1.807) is 4.90 Å². The number of thiophene rings is 1. The van der Waals surface area contributed by atoms with E-state index in [4.69, 9.17) is 21.0 Å². The van der Waals surface area contributed by atoms with Crippen LogP contribution in [-0.4, -0.2) is 72.0 Å². The quantitative estimate of drug-likeness (QED) is 0.325. The van der Waals surface area contributed by atoms with Crippen LogP contribution < -0.4 is 5.73 Å². The van der Waals surface area contributed by atoms with Crippen LogP contribution in [0.4, 0.5) is 13.2 Å². The molecule has 4 N–H and O–H groups in total. The molecule has 2 heterocycles. The van der Waals surface area contributed by atoms with Crippen LogP contribution in [0.3, 0.4) is 0 Å². The lowest BCUT2D eigenvalue weighted by atomic mass is 10.1. The first-order chi connectivity index (χ1) is 16.7. The van der Waals surface area contributed by atoms with Gasteiger partial charge < -0.3 is 15.7 Å². The molecule has 1 atom stereocenters. The van der Waals surface area contributed by atoms with Gasteiger partial charge in [-0.25, -0.2) is 13.2 Å². The molecule has 0 radical (unpaired) electrons. The van der Waals surface area contributed by atoms with Gasteiger partial charge in [0.15, 0.2) is 0 Å². The van der Waals surface area contributed by atoms with E-state index >= 15 is 0 Å². The summed E-state index contributed by atoms with van der Waals surface area (Å²) in [5, 5.41) is 16.5. The van der Waals surface area contributed by atoms with E-state index in [-0.39, 0.29) is 11.7 Å². The molecule has 1 saturated heterocycles. The number of alkyl halides is 3. The molecule has 1 unspecified atom stereocenters. The van der Waals surface area contributed by atoms with Crippen LogP contribution in [0.1, 0.15) is 28.8 Å². The molecule has 198 valence electrons. The Bertz CT molecular complexity index is 1170. The third-order valence-corrected chi connectivity index (χ3v) is 7.57. The van der Waals surface area contributed by atoms with Crippen molar-refractivity contribution >= 4 is 39.1 Å². The molecule has 0 saturated carbocycles. The molecule has 3 rings (SSSR count). The van der Waals surface area contributed by atoms with Crippen molar-refractivity contribution in [1.29, 1.82) is 5.41 Å². The predicted molar refractivity (Wildman–Crippen MR) is 129 cm³/mol. The minimum atomic E-state index is -5.08. The van der Waals surface area contributed by atoms with E-state index in [1.165, 1.54) is 21.9 Å². The summed E-state index contributed by atoms with van der Waals surface area (Å²) in [5.74, 6) is -2.91. The van der Waals surface area contributed by atoms with Gasteiger partial charge in [0, 0.05) is 19.6 Å². The number of nitrogen functional groups attached to an aromatic ring is 1. The van der Waals surface area contributed by atoms with Crippen LogP contribution in [0.5, 0.6) is 0 Å². The molecule has 1 fully saturated rings. The Morgan fingerprint density at radius 2 is 1.89 bits per heavy atom. The average molecular weight is 549 g/mol. The number of aliphatic carboxylic acids is 1. The van der Waals surface area contributed by atoms with Gasteiger partial charge in [0.25, 0.3) is 0 Å². The zero-order valence-electron chi connectivity index (χ0n) is 19.4. The Hall–Kier alpha value is -2.97. The third-order valence-electron chi connectivity index (χ3n) is 5.26. The fourth-order valence-corrected chi connectivity index (χ4v) is 5.49. The number of carbonyl (C=O) groups excluding carboxylic acids is 1. The molecular weight excluding hydrogens is 521 g/mol. The summed E-state index contributed by atoms with van der Waals surface area (Å²) in [4.78, 5) is 24.2. The number of sulfonamides is 1. The molecule has 1 aromatic carbocycles. The van der Waals surface area contributed by atoms with E-state index in [1.807, 2.05) is 41.8 Å². The summed E-state index contributed by atoms with van der Waals surface area (Å²) in [6.45, 7) is 1.24. The number of amides is 1. The van der Waals surface area contributed by atoms with Crippen molar-refractivity contribution in [3.8, 4) is 0 Å². The number of carbonyl (C=O) groups is 2. The second-order valence-electron chi connectivity index (χ2n) is 8.06. The molecular formula is C22H27F3N4O5S2. The van der Waals surface area contributed by atoms with Crippen LogP contribution in [0.15, 0.2) is 41.8 Å². The topological polar surface area (TPSA) is 145 Å². The van der Waals surface area contributed by atoms with Gasteiger partial charge in [-0.2, -0.15) is 17.5 Å². The summed E-state index contributed by atoms with van der Waals surface area (Å²) in [5.41, 5.74) is 7.56. The van der Waals surface area contributed by atoms with Crippen LogP contribution in [0, 0.1) is 5.41 Å². The highest BCUT2D eigenvalue weighted by Crippen LogP contribution is 2.24. The highest BCUT2D eigenvalue weighted by Gasteiger charge is 2.40. The smallest absolute Gasteiger partial charge is 0.475 e. The molecule has 1 aromatic heterocycles. The zero-order valence-corrected chi connectivity index (χ0v) is 21.0. The van der Waals surface area contributed by atoms with Crippen molar-refractivity contribution in [3.05, 3.63) is 57.8 Å². The lowest BCUT2D eigenvalue weighted by Crippen LogP contribution is -2.45. The number of benzene rings is 1. The monoisotopic (exact) mass is 548 g/mol. The number of rotatable bonds is 9. The number of likely N-dealkylation sites (tertiary alicyclic amines) is 1. The first kappa shape index (κ1) is 29.3. The maximum Gasteiger partial charge on any atom is 0.490 e. The molecule has 2 aromatic rings. The van der Waals surface area contributed by atoms with Gasteiger partial charge in [0.05, 0.1) is 11.1 Å². The fraction of sp³-hybridized carbons (Fsp3) is 0.409. The van der Waals surface area contributed by atoms with E-state index in [9.17, 15) is 26.4 Å². The number of hydrogen-bond donors (Lipinski definition) is 3. The largest absolute Gasteiger partial charge is 0.490 e. The molecule has 1 aliphatic heterocycles. The van der Waals surface area contributed by atoms with E-state index < -0.39 is 28.2 Å². The predicted octanol–water partition coefficient (Wildman–Crippen LogP) is 2.66. The number of nitrogens with one attached hydrogen (secondary N) is 1. The standard InChI is InChI=1S/C20H26N4O3S2.C2HF3O2/c1-29(26,27)24(10-5-8-15-6-3-2-4-7-15)17-9-11-23(20(17)25)13-16-12-18(19(21)22)28-14-16;3-2(4,5)1(6)7/h2-4,6-7,12,14,17H,5,8-11,13H2,1H3,(H3,21,22);(H,6,7). The Labute approximate surface area is 210 Å². The normalized spacial score (nSPS) is 16.1. The van der Waals surface area contributed by atoms with Crippen LogP contribution in [-0.2, 0) is 32.6 Å². The number of aryl methyl sites for hydroxylation is 1. The SMILES string of the molecule is CS(=O)(=O)N(CCCc1ccccc1)C1CCN(Cc2csc(C(=N)N)c2)C1=O.O=C(O)C(F)(F)F. The Balaban J connectivity index is 0.000000572. The molecule has 14 heteroatoms. The molecule has 0 spiro atoms.